The minimum Gasteiger partial charge on any atom is -0.493 e. The van der Waals surface area contributed by atoms with Crippen LogP contribution in [-0.4, -0.2) is 19.2 Å². The van der Waals surface area contributed by atoms with Gasteiger partial charge in [0.2, 0.25) is 0 Å². The van der Waals surface area contributed by atoms with Gasteiger partial charge in [0, 0.05) is 24.0 Å². The third-order valence-electron chi connectivity index (χ3n) is 4.56. The van der Waals surface area contributed by atoms with E-state index in [1.54, 1.807) is 0 Å². The first-order valence-electron chi connectivity index (χ1n) is 8.32. The average molecular weight is 359 g/mol. The Kier molecular flexibility index (Phi) is 3.96. The molecule has 0 aliphatic carbocycles. The average Bonchev–Trinajstić information content (AvgIpc) is 3.19. The van der Waals surface area contributed by atoms with E-state index in [2.05, 4.69) is 10.6 Å². The van der Waals surface area contributed by atoms with Gasteiger partial charge in [-0.05, 0) is 37.1 Å². The van der Waals surface area contributed by atoms with E-state index in [9.17, 15) is 4.79 Å². The number of carbonyl (C=O) groups is 1. The maximum atomic E-state index is 12.6. The lowest BCUT2D eigenvalue weighted by Gasteiger charge is -2.16. The number of urea groups is 1. The standard InChI is InChI=1S/C19H19ClN2O3/c1-10-7-11(2)16(14(20)8-10)21-19(23)22-17-13-4-6-24-15(13)9-12-3-5-25-18(12)17/h7-9H,3-6H2,1-2H3,(H2,21,22,23). The van der Waals surface area contributed by atoms with Gasteiger partial charge in [-0.2, -0.15) is 0 Å². The van der Waals surface area contributed by atoms with Gasteiger partial charge in [-0.3, -0.25) is 0 Å². The molecular formula is C19H19ClN2O3. The lowest BCUT2D eigenvalue weighted by atomic mass is 10.0. The molecule has 0 spiro atoms. The fraction of sp³-hybridized carbons (Fsp3) is 0.316. The molecule has 2 aromatic rings. The van der Waals surface area contributed by atoms with Crippen molar-refractivity contribution >= 4 is 29.0 Å². The van der Waals surface area contributed by atoms with Gasteiger partial charge in [0.05, 0.1) is 29.6 Å². The highest BCUT2D eigenvalue weighted by Crippen LogP contribution is 2.44. The van der Waals surface area contributed by atoms with Crippen molar-refractivity contribution in [1.82, 2.24) is 0 Å². The normalized spacial score (nSPS) is 14.4. The summed E-state index contributed by atoms with van der Waals surface area (Å²) < 4.78 is 11.4. The van der Waals surface area contributed by atoms with Gasteiger partial charge < -0.3 is 20.1 Å². The highest BCUT2D eigenvalue weighted by Gasteiger charge is 2.27. The molecule has 0 radical (unpaired) electrons. The number of ether oxygens (including phenoxy) is 2. The Morgan fingerprint density at radius 3 is 2.60 bits per heavy atom. The number of rotatable bonds is 2. The topological polar surface area (TPSA) is 59.6 Å². The molecule has 0 bridgehead atoms. The monoisotopic (exact) mass is 358 g/mol. The third-order valence-corrected chi connectivity index (χ3v) is 4.86. The van der Waals surface area contributed by atoms with E-state index in [0.717, 1.165) is 46.6 Å². The quantitative estimate of drug-likeness (QED) is 0.832. The zero-order valence-electron chi connectivity index (χ0n) is 14.2. The van der Waals surface area contributed by atoms with E-state index in [1.165, 1.54) is 0 Å². The number of aryl methyl sites for hydroxylation is 2. The lowest BCUT2D eigenvalue weighted by molar-refractivity contribution is 0.262. The van der Waals surface area contributed by atoms with Gasteiger partial charge >= 0.3 is 6.03 Å². The number of carbonyl (C=O) groups excluding carboxylic acids is 1. The Morgan fingerprint density at radius 2 is 1.80 bits per heavy atom. The minimum atomic E-state index is -0.341. The first-order chi connectivity index (χ1) is 12.0. The second kappa shape index (κ2) is 6.15. The number of hydrogen-bond donors (Lipinski definition) is 2. The van der Waals surface area contributed by atoms with E-state index in [-0.39, 0.29) is 6.03 Å². The van der Waals surface area contributed by atoms with Gasteiger partial charge in [-0.15, -0.1) is 0 Å². The number of benzene rings is 2. The van der Waals surface area contributed by atoms with Crippen molar-refractivity contribution in [1.29, 1.82) is 0 Å². The van der Waals surface area contributed by atoms with Gasteiger partial charge in [0.25, 0.3) is 0 Å². The molecule has 130 valence electrons. The van der Waals surface area contributed by atoms with Crippen molar-refractivity contribution in [2.45, 2.75) is 26.7 Å². The van der Waals surface area contributed by atoms with Gasteiger partial charge in [0.1, 0.15) is 11.5 Å². The zero-order valence-corrected chi connectivity index (χ0v) is 14.9. The number of hydrogen-bond acceptors (Lipinski definition) is 3. The smallest absolute Gasteiger partial charge is 0.323 e. The molecule has 0 unspecified atom stereocenters. The number of nitrogens with one attached hydrogen (secondary N) is 2. The summed E-state index contributed by atoms with van der Waals surface area (Å²) in [6.07, 6.45) is 1.58. The van der Waals surface area contributed by atoms with Crippen LogP contribution in [0.3, 0.4) is 0 Å². The molecule has 2 aliphatic heterocycles. The second-order valence-corrected chi connectivity index (χ2v) is 6.84. The molecule has 0 saturated carbocycles. The molecule has 0 fully saturated rings. The number of fused-ring (bicyclic) bond motifs is 2. The van der Waals surface area contributed by atoms with Crippen LogP contribution in [-0.2, 0) is 12.8 Å². The molecular weight excluding hydrogens is 340 g/mol. The summed E-state index contributed by atoms with van der Waals surface area (Å²) in [5.41, 5.74) is 5.36. The van der Waals surface area contributed by atoms with Crippen molar-refractivity contribution in [3.8, 4) is 11.5 Å². The predicted molar refractivity (Wildman–Crippen MR) is 98.4 cm³/mol. The van der Waals surface area contributed by atoms with Crippen molar-refractivity contribution in [2.75, 3.05) is 23.8 Å². The number of halogens is 1. The molecule has 6 heteroatoms. The van der Waals surface area contributed by atoms with E-state index in [4.69, 9.17) is 21.1 Å². The van der Waals surface area contributed by atoms with E-state index < -0.39 is 0 Å². The molecule has 0 aromatic heterocycles. The van der Waals surface area contributed by atoms with Crippen LogP contribution in [0.1, 0.15) is 22.3 Å². The highest BCUT2D eigenvalue weighted by atomic mass is 35.5. The summed E-state index contributed by atoms with van der Waals surface area (Å²) in [5.74, 6) is 1.59. The van der Waals surface area contributed by atoms with Gasteiger partial charge in [-0.1, -0.05) is 17.7 Å². The van der Waals surface area contributed by atoms with E-state index >= 15 is 0 Å². The van der Waals surface area contributed by atoms with Crippen LogP contribution in [0.2, 0.25) is 5.02 Å². The molecule has 5 nitrogen and oxygen atoms in total. The lowest BCUT2D eigenvalue weighted by Crippen LogP contribution is -2.21. The Hall–Kier alpha value is -2.40. The molecule has 2 amide bonds. The van der Waals surface area contributed by atoms with Crippen LogP contribution in [0.25, 0.3) is 0 Å². The summed E-state index contributed by atoms with van der Waals surface area (Å²) in [7, 11) is 0. The molecule has 0 saturated heterocycles. The summed E-state index contributed by atoms with van der Waals surface area (Å²) in [6, 6.07) is 5.50. The molecule has 2 heterocycles. The Balaban J connectivity index is 1.63. The summed E-state index contributed by atoms with van der Waals surface area (Å²) in [6.45, 7) is 5.13. The minimum absolute atomic E-state index is 0.341. The van der Waals surface area contributed by atoms with Crippen LogP contribution in [0, 0.1) is 13.8 Å². The SMILES string of the molecule is Cc1cc(C)c(NC(=O)Nc2c3c(cc4c2OCC4)OCC3)c(Cl)c1. The third kappa shape index (κ3) is 2.89. The fourth-order valence-corrected chi connectivity index (χ4v) is 3.82. The molecule has 2 aliphatic rings. The highest BCUT2D eigenvalue weighted by molar-refractivity contribution is 6.34. The van der Waals surface area contributed by atoms with Crippen molar-refractivity contribution in [3.05, 3.63) is 45.5 Å². The molecule has 4 rings (SSSR count). The van der Waals surface area contributed by atoms with Crippen LogP contribution < -0.4 is 20.1 Å². The van der Waals surface area contributed by atoms with Crippen LogP contribution in [0.5, 0.6) is 11.5 Å². The summed E-state index contributed by atoms with van der Waals surface area (Å²) in [5, 5.41) is 6.33. The largest absolute Gasteiger partial charge is 0.493 e. The Bertz CT molecular complexity index is 824. The number of anilines is 2. The molecule has 2 N–H and O–H groups in total. The van der Waals surface area contributed by atoms with Crippen molar-refractivity contribution in [2.24, 2.45) is 0 Å². The van der Waals surface area contributed by atoms with Crippen LogP contribution in [0.4, 0.5) is 16.2 Å². The maximum absolute atomic E-state index is 12.6. The van der Waals surface area contributed by atoms with Gasteiger partial charge in [-0.25, -0.2) is 4.79 Å². The van der Waals surface area contributed by atoms with Crippen molar-refractivity contribution < 1.29 is 14.3 Å². The van der Waals surface area contributed by atoms with E-state index in [0.29, 0.717) is 29.6 Å². The Morgan fingerprint density at radius 1 is 1.04 bits per heavy atom. The molecule has 2 aromatic carbocycles. The van der Waals surface area contributed by atoms with Crippen LogP contribution in [0.15, 0.2) is 18.2 Å². The van der Waals surface area contributed by atoms with Gasteiger partial charge in [0.15, 0.2) is 0 Å². The first-order valence-corrected chi connectivity index (χ1v) is 8.70. The van der Waals surface area contributed by atoms with E-state index in [1.807, 2.05) is 32.0 Å². The maximum Gasteiger partial charge on any atom is 0.323 e. The summed E-state index contributed by atoms with van der Waals surface area (Å²) in [4.78, 5) is 12.6. The molecule has 0 atom stereocenters. The first kappa shape index (κ1) is 16.1. The summed E-state index contributed by atoms with van der Waals surface area (Å²) >= 11 is 6.28. The number of amides is 2. The predicted octanol–water partition coefficient (Wildman–Crippen LogP) is 4.47. The van der Waals surface area contributed by atoms with Crippen LogP contribution >= 0.6 is 11.6 Å². The zero-order chi connectivity index (χ0) is 17.6. The molecule has 25 heavy (non-hydrogen) atoms. The Labute approximate surface area is 151 Å². The fourth-order valence-electron chi connectivity index (χ4n) is 3.45. The van der Waals surface area contributed by atoms with Crippen molar-refractivity contribution in [3.63, 3.8) is 0 Å². The second-order valence-electron chi connectivity index (χ2n) is 6.43.